The Morgan fingerprint density at radius 3 is 2.78 bits per heavy atom. The summed E-state index contributed by atoms with van der Waals surface area (Å²) >= 11 is 0. The highest BCUT2D eigenvalue weighted by Gasteiger charge is 2.45. The topological polar surface area (TPSA) is 23.5 Å². The van der Waals surface area contributed by atoms with E-state index in [1.165, 1.54) is 31.2 Å². The molecule has 2 nitrogen and oxygen atoms in total. The molecule has 2 atom stereocenters. The van der Waals surface area contributed by atoms with Gasteiger partial charge in [-0.1, -0.05) is 32.4 Å². The molecule has 2 heteroatoms. The number of benzene rings is 1. The summed E-state index contributed by atoms with van der Waals surface area (Å²) < 4.78 is 0. The predicted octanol–water partition coefficient (Wildman–Crippen LogP) is 3.54. The molecule has 0 radical (unpaired) electrons. The van der Waals surface area contributed by atoms with Crippen molar-refractivity contribution in [3.05, 3.63) is 29.8 Å². The van der Waals surface area contributed by atoms with Crippen LogP contribution in [0.2, 0.25) is 0 Å². The van der Waals surface area contributed by atoms with Crippen LogP contribution in [0.15, 0.2) is 24.3 Å². The minimum atomic E-state index is 0.233. The van der Waals surface area contributed by atoms with Gasteiger partial charge in [0.15, 0.2) is 0 Å². The molecule has 0 aliphatic carbocycles. The number of hydrogen-bond donors (Lipinski definition) is 1. The van der Waals surface area contributed by atoms with Crippen molar-refractivity contribution in [2.24, 2.45) is 0 Å². The maximum absolute atomic E-state index is 9.77. The van der Waals surface area contributed by atoms with E-state index in [4.69, 9.17) is 0 Å². The van der Waals surface area contributed by atoms with Crippen molar-refractivity contribution in [2.45, 2.75) is 51.0 Å². The van der Waals surface area contributed by atoms with Gasteiger partial charge in [0.1, 0.15) is 5.75 Å². The maximum Gasteiger partial charge on any atom is 0.115 e. The number of hydrogen-bond acceptors (Lipinski definition) is 2. The molecule has 1 heterocycles. The van der Waals surface area contributed by atoms with Crippen LogP contribution in [0.5, 0.6) is 5.75 Å². The van der Waals surface area contributed by atoms with E-state index >= 15 is 0 Å². The Bertz CT molecular complexity index is 400. The fraction of sp³-hybridized carbons (Fsp3) is 0.625. The van der Waals surface area contributed by atoms with Crippen molar-refractivity contribution in [3.8, 4) is 5.75 Å². The lowest BCUT2D eigenvalue weighted by Gasteiger charge is -2.37. The van der Waals surface area contributed by atoms with Crippen molar-refractivity contribution >= 4 is 0 Å². The molecule has 1 aliphatic rings. The molecule has 1 aromatic rings. The number of likely N-dealkylation sites (tertiary alicyclic amines) is 1. The normalized spacial score (nSPS) is 28.7. The quantitative estimate of drug-likeness (QED) is 0.879. The zero-order valence-electron chi connectivity index (χ0n) is 11.8. The first-order valence-electron chi connectivity index (χ1n) is 7.13. The van der Waals surface area contributed by atoms with Crippen LogP contribution < -0.4 is 0 Å². The third kappa shape index (κ3) is 2.14. The largest absolute Gasteiger partial charge is 0.508 e. The molecule has 2 unspecified atom stereocenters. The number of rotatable bonds is 4. The first kappa shape index (κ1) is 13.4. The van der Waals surface area contributed by atoms with Crippen LogP contribution in [0.4, 0.5) is 0 Å². The van der Waals surface area contributed by atoms with E-state index in [0.717, 1.165) is 6.54 Å². The molecule has 1 aliphatic heterocycles. The Kier molecular flexibility index (Phi) is 3.96. The number of nitrogens with zero attached hydrogens (tertiary/aromatic N) is 1. The average molecular weight is 247 g/mol. The minimum Gasteiger partial charge on any atom is -0.508 e. The minimum absolute atomic E-state index is 0.233. The summed E-state index contributed by atoms with van der Waals surface area (Å²) in [7, 11) is 2.23. The van der Waals surface area contributed by atoms with Crippen LogP contribution in [0.1, 0.15) is 45.1 Å². The lowest BCUT2D eigenvalue weighted by atomic mass is 9.70. The zero-order valence-corrected chi connectivity index (χ0v) is 11.8. The Morgan fingerprint density at radius 1 is 1.39 bits per heavy atom. The molecular weight excluding hydrogens is 222 g/mol. The molecule has 0 spiro atoms. The Hall–Kier alpha value is -1.02. The Balaban J connectivity index is 2.44. The fourth-order valence-electron chi connectivity index (χ4n) is 3.86. The molecule has 0 aromatic heterocycles. The molecular formula is C16H25NO. The van der Waals surface area contributed by atoms with E-state index in [2.05, 4.69) is 31.9 Å². The van der Waals surface area contributed by atoms with Gasteiger partial charge in [-0.25, -0.2) is 0 Å². The Morgan fingerprint density at radius 2 is 2.17 bits per heavy atom. The lowest BCUT2D eigenvalue weighted by molar-refractivity contribution is 0.224. The third-order valence-electron chi connectivity index (χ3n) is 4.58. The zero-order chi connectivity index (χ0) is 13.2. The summed E-state index contributed by atoms with van der Waals surface area (Å²) in [6, 6.07) is 8.50. The third-order valence-corrected chi connectivity index (χ3v) is 4.58. The van der Waals surface area contributed by atoms with Gasteiger partial charge in [-0.3, -0.25) is 0 Å². The molecule has 0 bridgehead atoms. The van der Waals surface area contributed by atoms with Gasteiger partial charge >= 0.3 is 0 Å². The monoisotopic (exact) mass is 247 g/mol. The van der Waals surface area contributed by atoms with Crippen LogP contribution in [-0.2, 0) is 5.41 Å². The highest BCUT2D eigenvalue weighted by atomic mass is 16.3. The smallest absolute Gasteiger partial charge is 0.115 e. The van der Waals surface area contributed by atoms with Crippen LogP contribution in [0.3, 0.4) is 0 Å². The van der Waals surface area contributed by atoms with E-state index < -0.39 is 0 Å². The van der Waals surface area contributed by atoms with E-state index in [9.17, 15) is 5.11 Å². The molecule has 1 saturated heterocycles. The van der Waals surface area contributed by atoms with Crippen molar-refractivity contribution in [1.82, 2.24) is 4.90 Å². The number of likely N-dealkylation sites (N-methyl/N-ethyl adjacent to an activating group) is 1. The molecule has 1 N–H and O–H groups in total. The molecule has 0 saturated carbocycles. The molecule has 1 aromatic carbocycles. The van der Waals surface area contributed by atoms with E-state index in [-0.39, 0.29) is 5.41 Å². The van der Waals surface area contributed by atoms with Gasteiger partial charge in [0.25, 0.3) is 0 Å². The summed E-state index contributed by atoms with van der Waals surface area (Å²) in [5.74, 6) is 0.396. The van der Waals surface area contributed by atoms with Gasteiger partial charge in [0.2, 0.25) is 0 Å². The van der Waals surface area contributed by atoms with Gasteiger partial charge in [0, 0.05) is 11.5 Å². The summed E-state index contributed by atoms with van der Waals surface area (Å²) in [5, 5.41) is 9.77. The fourth-order valence-corrected chi connectivity index (χ4v) is 3.86. The molecule has 18 heavy (non-hydrogen) atoms. The second-order valence-corrected chi connectivity index (χ2v) is 5.61. The molecule has 100 valence electrons. The average Bonchev–Trinajstić information content (AvgIpc) is 2.67. The molecule has 0 amide bonds. The SMILES string of the molecule is CCCC1(c2cccc(O)c2)CCN(C)C1CC. The van der Waals surface area contributed by atoms with Crippen molar-refractivity contribution in [3.63, 3.8) is 0 Å². The maximum atomic E-state index is 9.77. The lowest BCUT2D eigenvalue weighted by Crippen LogP contribution is -2.40. The molecule has 2 rings (SSSR count). The first-order chi connectivity index (χ1) is 8.64. The number of aromatic hydroxyl groups is 1. The highest BCUT2D eigenvalue weighted by molar-refractivity contribution is 5.35. The highest BCUT2D eigenvalue weighted by Crippen LogP contribution is 2.45. The van der Waals surface area contributed by atoms with Crippen molar-refractivity contribution in [2.75, 3.05) is 13.6 Å². The number of phenols is 1. The predicted molar refractivity (Wildman–Crippen MR) is 76.0 cm³/mol. The van der Waals surface area contributed by atoms with Gasteiger partial charge in [0.05, 0.1) is 0 Å². The first-order valence-corrected chi connectivity index (χ1v) is 7.13. The van der Waals surface area contributed by atoms with Crippen LogP contribution >= 0.6 is 0 Å². The van der Waals surface area contributed by atoms with E-state index in [1.54, 1.807) is 6.07 Å². The summed E-state index contributed by atoms with van der Waals surface area (Å²) in [6.45, 7) is 5.70. The number of phenolic OH excluding ortho intramolecular Hbond substituents is 1. The van der Waals surface area contributed by atoms with Crippen LogP contribution in [-0.4, -0.2) is 29.6 Å². The summed E-state index contributed by atoms with van der Waals surface area (Å²) in [4.78, 5) is 2.49. The van der Waals surface area contributed by atoms with Crippen molar-refractivity contribution in [1.29, 1.82) is 0 Å². The van der Waals surface area contributed by atoms with Gasteiger partial charge in [-0.05, 0) is 50.6 Å². The van der Waals surface area contributed by atoms with E-state index in [1.807, 2.05) is 12.1 Å². The van der Waals surface area contributed by atoms with Crippen LogP contribution in [0, 0.1) is 0 Å². The van der Waals surface area contributed by atoms with Gasteiger partial charge in [-0.15, -0.1) is 0 Å². The summed E-state index contributed by atoms with van der Waals surface area (Å²) in [5.41, 5.74) is 1.55. The van der Waals surface area contributed by atoms with Gasteiger partial charge < -0.3 is 10.0 Å². The Labute approximate surface area is 111 Å². The summed E-state index contributed by atoms with van der Waals surface area (Å²) in [6.07, 6.45) is 4.78. The van der Waals surface area contributed by atoms with Crippen molar-refractivity contribution < 1.29 is 5.11 Å². The van der Waals surface area contributed by atoms with Gasteiger partial charge in [-0.2, -0.15) is 0 Å². The standard InChI is InChI=1S/C16H25NO/c1-4-9-16(10-11-17(3)15(16)5-2)13-7-6-8-14(18)12-13/h6-8,12,15,18H,4-5,9-11H2,1-3H3. The van der Waals surface area contributed by atoms with Crippen LogP contribution in [0.25, 0.3) is 0 Å². The molecule has 1 fully saturated rings. The second kappa shape index (κ2) is 5.31. The second-order valence-electron chi connectivity index (χ2n) is 5.61. The van der Waals surface area contributed by atoms with E-state index in [0.29, 0.717) is 11.8 Å².